The van der Waals surface area contributed by atoms with Crippen molar-refractivity contribution in [2.75, 3.05) is 19.8 Å². The molecule has 0 bridgehead atoms. The fraction of sp³-hybridized carbons (Fsp3) is 1.00. The number of aliphatic hydroxyl groups is 7. The Morgan fingerprint density at radius 3 is 1.54 bits per heavy atom. The Hall–Kier alpha value is -0.440. The molecule has 0 radical (unpaired) electrons. The minimum absolute atomic E-state index is 0.321. The third-order valence-corrected chi connectivity index (χ3v) is 6.72. The normalized spacial score (nSPS) is 38.1. The predicted molar refractivity (Wildman–Crippen MR) is 124 cm³/mol. The topological polar surface area (TPSA) is 179 Å². The van der Waals surface area contributed by atoms with Crippen LogP contribution in [0.3, 0.4) is 0 Å². The zero-order valence-electron chi connectivity index (χ0n) is 20.7. The Balaban J connectivity index is 1.70. The molecule has 0 unspecified atom stereocenters. The van der Waals surface area contributed by atoms with Crippen molar-refractivity contribution in [1.82, 2.24) is 0 Å². The Morgan fingerprint density at radius 1 is 0.543 bits per heavy atom. The van der Waals surface area contributed by atoms with Crippen molar-refractivity contribution in [3.63, 3.8) is 0 Å². The fourth-order valence-electron chi connectivity index (χ4n) is 4.38. The summed E-state index contributed by atoms with van der Waals surface area (Å²) < 4.78 is 21.9. The van der Waals surface area contributed by atoms with Gasteiger partial charge in [0.2, 0.25) is 0 Å². The number of hydrogen-bond donors (Lipinski definition) is 7. The van der Waals surface area contributed by atoms with E-state index in [0.29, 0.717) is 6.61 Å². The summed E-state index contributed by atoms with van der Waals surface area (Å²) in [4.78, 5) is 0. The van der Waals surface area contributed by atoms with Crippen LogP contribution in [0.25, 0.3) is 0 Å². The zero-order valence-corrected chi connectivity index (χ0v) is 20.7. The fourth-order valence-corrected chi connectivity index (χ4v) is 4.38. The molecule has 0 aromatic rings. The molecule has 2 rings (SSSR count). The molecule has 0 spiro atoms. The quantitative estimate of drug-likeness (QED) is 0.134. The number of hydrogen-bond acceptors (Lipinski definition) is 11. The van der Waals surface area contributed by atoms with Gasteiger partial charge in [-0.15, -0.1) is 0 Å². The average molecular weight is 511 g/mol. The number of unbranched alkanes of at least 4 members (excludes halogenated alkanes) is 9. The summed E-state index contributed by atoms with van der Waals surface area (Å²) in [5.74, 6) is 0. The van der Waals surface area contributed by atoms with Crippen molar-refractivity contribution in [2.45, 2.75) is 133 Å². The average Bonchev–Trinajstić information content (AvgIpc) is 2.86. The van der Waals surface area contributed by atoms with E-state index in [9.17, 15) is 35.7 Å². The molecule has 0 saturated carbocycles. The van der Waals surface area contributed by atoms with Crippen LogP contribution in [0.1, 0.15) is 71.1 Å². The van der Waals surface area contributed by atoms with Gasteiger partial charge in [-0.1, -0.05) is 64.7 Å². The number of aliphatic hydroxyl groups excluding tert-OH is 7. The Labute approximate surface area is 207 Å². The van der Waals surface area contributed by atoms with E-state index in [1.54, 1.807) is 0 Å². The molecule has 35 heavy (non-hydrogen) atoms. The highest BCUT2D eigenvalue weighted by Gasteiger charge is 2.47. The van der Waals surface area contributed by atoms with Gasteiger partial charge in [0.25, 0.3) is 0 Å². The zero-order chi connectivity index (χ0) is 25.8. The van der Waals surface area contributed by atoms with Crippen LogP contribution in [0.15, 0.2) is 0 Å². The standard InChI is InChI=1S/C24H46O11/c1-2-3-4-5-6-7-8-9-10-11-12-32-23-21(30)20(29)18(27)16(35-23)14-33-24-22(31)19(28)17(26)15(13-25)34-24/h15-31H,2-14H2,1H3/t15-,16-,17-,18-,19+,20+,21-,22-,23+,24+/m1/s1. The van der Waals surface area contributed by atoms with Gasteiger partial charge in [-0.25, -0.2) is 0 Å². The largest absolute Gasteiger partial charge is 0.394 e. The van der Waals surface area contributed by atoms with Crippen LogP contribution in [0.4, 0.5) is 0 Å². The van der Waals surface area contributed by atoms with E-state index in [-0.39, 0.29) is 6.61 Å². The molecule has 2 aliphatic rings. The van der Waals surface area contributed by atoms with E-state index in [0.717, 1.165) is 19.3 Å². The Kier molecular flexibility index (Phi) is 14.4. The third kappa shape index (κ3) is 9.42. The van der Waals surface area contributed by atoms with Crippen molar-refractivity contribution < 1.29 is 54.7 Å². The van der Waals surface area contributed by atoms with Gasteiger partial charge in [0, 0.05) is 6.61 Å². The summed E-state index contributed by atoms with van der Waals surface area (Å²) in [6, 6.07) is 0. The van der Waals surface area contributed by atoms with E-state index in [4.69, 9.17) is 18.9 Å². The Morgan fingerprint density at radius 2 is 1.00 bits per heavy atom. The first-order chi connectivity index (χ1) is 16.8. The smallest absolute Gasteiger partial charge is 0.186 e. The van der Waals surface area contributed by atoms with Crippen LogP contribution in [-0.2, 0) is 18.9 Å². The summed E-state index contributed by atoms with van der Waals surface area (Å²) in [6.45, 7) is 1.56. The number of ether oxygens (including phenoxy) is 4. The van der Waals surface area contributed by atoms with Crippen molar-refractivity contribution in [3.05, 3.63) is 0 Å². The maximum Gasteiger partial charge on any atom is 0.186 e. The molecule has 0 amide bonds. The lowest BCUT2D eigenvalue weighted by Crippen LogP contribution is -2.61. The molecule has 2 aliphatic heterocycles. The van der Waals surface area contributed by atoms with Crippen molar-refractivity contribution in [3.8, 4) is 0 Å². The van der Waals surface area contributed by atoms with Crippen LogP contribution in [-0.4, -0.2) is 117 Å². The lowest BCUT2D eigenvalue weighted by atomic mass is 9.98. The maximum atomic E-state index is 10.3. The second-order valence-electron chi connectivity index (χ2n) is 9.60. The summed E-state index contributed by atoms with van der Waals surface area (Å²) in [6.07, 6.45) is -2.35. The molecule has 10 atom stereocenters. The predicted octanol–water partition coefficient (Wildman–Crippen LogP) is -0.452. The van der Waals surface area contributed by atoms with Gasteiger partial charge in [-0.3, -0.25) is 0 Å². The molecule has 11 nitrogen and oxygen atoms in total. The highest BCUT2D eigenvalue weighted by atomic mass is 16.7. The molecule has 11 heteroatoms. The number of rotatable bonds is 16. The molecule has 2 heterocycles. The van der Waals surface area contributed by atoms with E-state index in [2.05, 4.69) is 6.92 Å². The first-order valence-electron chi connectivity index (χ1n) is 13.0. The molecule has 2 fully saturated rings. The first-order valence-corrected chi connectivity index (χ1v) is 13.0. The molecule has 7 N–H and O–H groups in total. The molecule has 0 aromatic carbocycles. The van der Waals surface area contributed by atoms with Gasteiger partial charge in [0.15, 0.2) is 12.6 Å². The van der Waals surface area contributed by atoms with Crippen LogP contribution >= 0.6 is 0 Å². The summed E-state index contributed by atoms with van der Waals surface area (Å²) in [7, 11) is 0. The maximum absolute atomic E-state index is 10.3. The second-order valence-corrected chi connectivity index (χ2v) is 9.60. The molecule has 0 aromatic heterocycles. The van der Waals surface area contributed by atoms with Crippen molar-refractivity contribution in [2.24, 2.45) is 0 Å². The van der Waals surface area contributed by atoms with Crippen molar-refractivity contribution in [1.29, 1.82) is 0 Å². The summed E-state index contributed by atoms with van der Waals surface area (Å²) in [5.41, 5.74) is 0. The highest BCUT2D eigenvalue weighted by molar-refractivity contribution is 4.91. The first kappa shape index (κ1) is 30.8. The lowest BCUT2D eigenvalue weighted by Gasteiger charge is -2.42. The third-order valence-electron chi connectivity index (χ3n) is 6.72. The van der Waals surface area contributed by atoms with E-state index < -0.39 is 68.0 Å². The van der Waals surface area contributed by atoms with Crippen molar-refractivity contribution >= 4 is 0 Å². The van der Waals surface area contributed by atoms with E-state index >= 15 is 0 Å². The lowest BCUT2D eigenvalue weighted by molar-refractivity contribution is -0.331. The molecule has 2 saturated heterocycles. The van der Waals surface area contributed by atoms with E-state index in [1.807, 2.05) is 0 Å². The molecule has 208 valence electrons. The van der Waals surface area contributed by atoms with Gasteiger partial charge in [-0.05, 0) is 6.42 Å². The SMILES string of the molecule is CCCCCCCCCCCCO[C@H]1O[C@H](CO[C@H]2O[C@H](CO)[C@@H](O)[C@H](O)[C@H]2O)[C@@H](O)[C@H](O)[C@H]1O. The van der Waals surface area contributed by atoms with Gasteiger partial charge in [-0.2, -0.15) is 0 Å². The van der Waals surface area contributed by atoms with Crippen LogP contribution in [0, 0.1) is 0 Å². The molecule has 0 aliphatic carbocycles. The van der Waals surface area contributed by atoms with Gasteiger partial charge < -0.3 is 54.7 Å². The summed E-state index contributed by atoms with van der Waals surface area (Å²) in [5, 5.41) is 69.7. The van der Waals surface area contributed by atoms with Gasteiger partial charge >= 0.3 is 0 Å². The minimum atomic E-state index is -1.60. The monoisotopic (exact) mass is 510 g/mol. The minimum Gasteiger partial charge on any atom is -0.394 e. The molecular weight excluding hydrogens is 464 g/mol. The summed E-state index contributed by atoms with van der Waals surface area (Å²) >= 11 is 0. The van der Waals surface area contributed by atoms with Crippen LogP contribution in [0.5, 0.6) is 0 Å². The Bertz CT molecular complexity index is 552. The second kappa shape index (κ2) is 16.4. The van der Waals surface area contributed by atoms with E-state index in [1.165, 1.54) is 44.9 Å². The van der Waals surface area contributed by atoms with Gasteiger partial charge in [0.05, 0.1) is 13.2 Å². The molecular formula is C24H46O11. The van der Waals surface area contributed by atoms with Gasteiger partial charge in [0.1, 0.15) is 48.8 Å². The van der Waals surface area contributed by atoms with Crippen LogP contribution < -0.4 is 0 Å². The van der Waals surface area contributed by atoms with Crippen LogP contribution in [0.2, 0.25) is 0 Å². The highest BCUT2D eigenvalue weighted by Crippen LogP contribution is 2.26.